The van der Waals surface area contributed by atoms with Crippen LogP contribution in [-0.4, -0.2) is 119 Å². The minimum absolute atomic E-state index is 0.0146. The molecule has 0 spiro atoms. The second kappa shape index (κ2) is 20.3. The summed E-state index contributed by atoms with van der Waals surface area (Å²) < 4.78 is 0. The van der Waals surface area contributed by atoms with Crippen molar-refractivity contribution in [1.29, 1.82) is 0 Å². The predicted octanol–water partition coefficient (Wildman–Crippen LogP) is 3.59. The highest BCUT2D eigenvalue weighted by atomic mass is 16.3. The van der Waals surface area contributed by atoms with Gasteiger partial charge in [-0.15, -0.1) is 12.3 Å². The van der Waals surface area contributed by atoms with E-state index in [1.807, 2.05) is 51.2 Å². The number of nitrogens with one attached hydrogen (secondary N) is 2. The molecule has 3 amide bonds. The van der Waals surface area contributed by atoms with E-state index in [9.17, 15) is 24.6 Å². The molecule has 2 saturated heterocycles. The van der Waals surface area contributed by atoms with E-state index < -0.39 is 36.1 Å². The highest BCUT2D eigenvalue weighted by Crippen LogP contribution is 2.30. The number of nitrogens with zero attached hydrogens (tertiary/aromatic N) is 3. The Morgan fingerprint density at radius 3 is 2.27 bits per heavy atom. The number of amides is 3. The number of hydrogen-bond donors (Lipinski definition) is 4. The average molecular weight is 708 g/mol. The molecule has 4 rings (SSSR count). The summed E-state index contributed by atoms with van der Waals surface area (Å²) in [6, 6.07) is 9.08. The molecule has 1 aromatic carbocycles. The van der Waals surface area contributed by atoms with E-state index in [4.69, 9.17) is 6.42 Å². The molecule has 2 heterocycles. The molecule has 3 fully saturated rings. The first-order valence-corrected chi connectivity index (χ1v) is 19.6. The van der Waals surface area contributed by atoms with Gasteiger partial charge < -0.3 is 30.6 Å². The lowest BCUT2D eigenvalue weighted by Crippen LogP contribution is -2.56. The molecule has 2 unspecified atom stereocenters. The van der Waals surface area contributed by atoms with Crippen molar-refractivity contribution >= 4 is 17.7 Å². The van der Waals surface area contributed by atoms with Crippen LogP contribution in [0.2, 0.25) is 0 Å². The van der Waals surface area contributed by atoms with Gasteiger partial charge in [-0.2, -0.15) is 0 Å². The molecule has 1 aliphatic carbocycles. The Morgan fingerprint density at radius 2 is 1.65 bits per heavy atom. The number of aliphatic hydroxyl groups excluding tert-OH is 2. The highest BCUT2D eigenvalue weighted by molar-refractivity contribution is 5.91. The summed E-state index contributed by atoms with van der Waals surface area (Å²) in [4.78, 5) is 48.3. The van der Waals surface area contributed by atoms with Crippen molar-refractivity contribution in [2.75, 3.05) is 40.3 Å². The number of likely N-dealkylation sites (tertiary alicyclic amines) is 1. The predicted molar refractivity (Wildman–Crippen MR) is 201 cm³/mol. The van der Waals surface area contributed by atoms with Gasteiger partial charge in [-0.1, -0.05) is 76.3 Å². The fourth-order valence-electron chi connectivity index (χ4n) is 8.50. The summed E-state index contributed by atoms with van der Waals surface area (Å²) in [5, 5.41) is 28.2. The van der Waals surface area contributed by atoms with Crippen LogP contribution >= 0.6 is 0 Å². The Labute approximate surface area is 307 Å². The zero-order chi connectivity index (χ0) is 36.9. The molecule has 4 N–H and O–H groups in total. The Morgan fingerprint density at radius 1 is 0.980 bits per heavy atom. The van der Waals surface area contributed by atoms with Crippen LogP contribution in [0.15, 0.2) is 30.3 Å². The maximum atomic E-state index is 14.1. The first kappa shape index (κ1) is 40.8. The number of aliphatic hydroxyl groups is 2. The lowest BCUT2D eigenvalue weighted by molar-refractivity contribution is -0.137. The number of carbonyl (C=O) groups excluding carboxylic acids is 3. The third-order valence-corrected chi connectivity index (χ3v) is 11.4. The van der Waals surface area contributed by atoms with E-state index in [2.05, 4.69) is 33.4 Å². The summed E-state index contributed by atoms with van der Waals surface area (Å²) in [5.41, 5.74) is 0.932. The largest absolute Gasteiger partial charge is 0.390 e. The van der Waals surface area contributed by atoms with Crippen LogP contribution in [-0.2, 0) is 20.8 Å². The molecule has 51 heavy (non-hydrogen) atoms. The zero-order valence-corrected chi connectivity index (χ0v) is 31.6. The Hall–Kier alpha value is -2.97. The lowest BCUT2D eigenvalue weighted by atomic mass is 9.82. The van der Waals surface area contributed by atoms with Gasteiger partial charge in [-0.25, -0.2) is 0 Å². The summed E-state index contributed by atoms with van der Waals surface area (Å²) in [6.07, 6.45) is 13.2. The van der Waals surface area contributed by atoms with Crippen molar-refractivity contribution in [3.63, 3.8) is 0 Å². The van der Waals surface area contributed by atoms with E-state index in [0.717, 1.165) is 50.9 Å². The molecule has 7 atom stereocenters. The van der Waals surface area contributed by atoms with Gasteiger partial charge in [0, 0.05) is 58.2 Å². The summed E-state index contributed by atoms with van der Waals surface area (Å²) in [6.45, 7) is 7.50. The number of rotatable bonds is 19. The van der Waals surface area contributed by atoms with Crippen LogP contribution in [0.1, 0.15) is 96.5 Å². The van der Waals surface area contributed by atoms with E-state index in [-0.39, 0.29) is 37.0 Å². The molecule has 10 heteroatoms. The highest BCUT2D eigenvalue weighted by Gasteiger charge is 2.39. The van der Waals surface area contributed by atoms with Gasteiger partial charge in [-0.05, 0) is 63.0 Å². The zero-order valence-electron chi connectivity index (χ0n) is 31.6. The Balaban J connectivity index is 1.44. The monoisotopic (exact) mass is 707 g/mol. The van der Waals surface area contributed by atoms with Crippen molar-refractivity contribution in [2.24, 2.45) is 17.8 Å². The SMILES string of the molecule is C#CCC[C@H](NC(=O)[C@@H](CC(=O)N(C)CCN1C2CCC1CN(C)C2)Cc1ccccc1)C(=O)N[C@@H](CC1CCCCC1)[C@@H](O)[C@@H](O)CC(C)C. The summed E-state index contributed by atoms with van der Waals surface area (Å²) in [5.74, 6) is 1.50. The molecular weight excluding hydrogens is 642 g/mol. The molecule has 0 radical (unpaired) electrons. The maximum absolute atomic E-state index is 14.1. The number of benzene rings is 1. The van der Waals surface area contributed by atoms with Crippen molar-refractivity contribution in [3.8, 4) is 12.3 Å². The number of hydrogen-bond acceptors (Lipinski definition) is 7. The topological polar surface area (TPSA) is 125 Å². The van der Waals surface area contributed by atoms with Crippen LogP contribution in [0.4, 0.5) is 0 Å². The van der Waals surface area contributed by atoms with Gasteiger partial charge in [0.2, 0.25) is 17.7 Å². The standard InChI is InChI=1S/C41H65N5O5/c1-6-7-18-35(41(51)43-36(25-31-16-12-9-13-17-31)39(49)37(47)23-29(2)3)42-40(50)32(24-30-14-10-8-11-15-30)26-38(48)45(5)21-22-46-33-19-20-34(46)28-44(4)27-33/h1,8,10-11,14-15,29,31-37,39,47,49H,7,9,12-13,16-28H2,2-5H3,(H,42,50)(H,43,51)/t32-,33?,34?,35+,36+,37+,39-/m1/s1. The van der Waals surface area contributed by atoms with E-state index in [1.54, 1.807) is 4.90 Å². The minimum Gasteiger partial charge on any atom is -0.390 e. The summed E-state index contributed by atoms with van der Waals surface area (Å²) >= 11 is 0. The number of fused-ring (bicyclic) bond motifs is 2. The molecule has 0 aromatic heterocycles. The summed E-state index contributed by atoms with van der Waals surface area (Å²) in [7, 11) is 3.99. The van der Waals surface area contributed by atoms with Crippen molar-refractivity contribution in [2.45, 2.75) is 134 Å². The van der Waals surface area contributed by atoms with Crippen molar-refractivity contribution in [1.82, 2.24) is 25.3 Å². The first-order chi connectivity index (χ1) is 24.4. The molecule has 2 bridgehead atoms. The van der Waals surface area contributed by atoms with Crippen molar-refractivity contribution in [3.05, 3.63) is 35.9 Å². The maximum Gasteiger partial charge on any atom is 0.242 e. The molecule has 1 aromatic rings. The molecular formula is C41H65N5O5. The molecule has 10 nitrogen and oxygen atoms in total. The van der Waals surface area contributed by atoms with Crippen LogP contribution in [0.3, 0.4) is 0 Å². The Kier molecular flexibility index (Phi) is 16.3. The van der Waals surface area contributed by atoms with Crippen LogP contribution < -0.4 is 10.6 Å². The quantitative estimate of drug-likeness (QED) is 0.162. The van der Waals surface area contributed by atoms with Gasteiger partial charge >= 0.3 is 0 Å². The number of carbonyl (C=O) groups is 3. The van der Waals surface area contributed by atoms with Gasteiger partial charge in [0.1, 0.15) is 12.1 Å². The van der Waals surface area contributed by atoms with Crippen molar-refractivity contribution < 1.29 is 24.6 Å². The van der Waals surface area contributed by atoms with E-state index >= 15 is 0 Å². The van der Waals surface area contributed by atoms with Gasteiger partial charge in [0.05, 0.1) is 18.1 Å². The van der Waals surface area contributed by atoms with Crippen LogP contribution in [0, 0.1) is 30.1 Å². The van der Waals surface area contributed by atoms with Crippen LogP contribution in [0.5, 0.6) is 0 Å². The van der Waals surface area contributed by atoms with E-state index in [0.29, 0.717) is 43.8 Å². The minimum atomic E-state index is -1.14. The molecule has 1 saturated carbocycles. The fourth-order valence-corrected chi connectivity index (χ4v) is 8.50. The van der Waals surface area contributed by atoms with Gasteiger partial charge in [0.15, 0.2) is 0 Å². The Bertz CT molecular complexity index is 1270. The number of piperazine rings is 1. The average Bonchev–Trinajstić information content (AvgIpc) is 3.36. The number of terminal acetylenes is 1. The number of likely N-dealkylation sites (N-methyl/N-ethyl adjacent to an activating group) is 2. The second-order valence-corrected chi connectivity index (χ2v) is 16.1. The molecule has 2 aliphatic heterocycles. The third-order valence-electron chi connectivity index (χ3n) is 11.4. The van der Waals surface area contributed by atoms with Gasteiger partial charge in [-0.3, -0.25) is 19.3 Å². The van der Waals surface area contributed by atoms with E-state index in [1.165, 1.54) is 19.3 Å². The lowest BCUT2D eigenvalue weighted by Gasteiger charge is -2.40. The molecule has 3 aliphatic rings. The second-order valence-electron chi connectivity index (χ2n) is 16.1. The van der Waals surface area contributed by atoms with Gasteiger partial charge in [0.25, 0.3) is 0 Å². The third kappa shape index (κ3) is 12.6. The molecule has 284 valence electrons. The smallest absolute Gasteiger partial charge is 0.242 e. The normalized spacial score (nSPS) is 22.8. The van der Waals surface area contributed by atoms with Crippen LogP contribution in [0.25, 0.3) is 0 Å². The first-order valence-electron chi connectivity index (χ1n) is 19.6. The fraction of sp³-hybridized carbons (Fsp3) is 0.732.